The lowest BCUT2D eigenvalue weighted by Crippen LogP contribution is -2.64. The number of carboxylic acids is 1. The molecule has 2 bridgehead atoms. The highest BCUT2D eigenvalue weighted by Crippen LogP contribution is 2.71. The summed E-state index contributed by atoms with van der Waals surface area (Å²) in [5, 5.41) is 20.9. The van der Waals surface area contributed by atoms with Crippen molar-refractivity contribution in [2.75, 3.05) is 0 Å². The Balaban J connectivity index is 1.82. The molecule has 0 amide bonds. The number of aliphatic hydroxyl groups excluding tert-OH is 1. The molecule has 8 atom stereocenters. The van der Waals surface area contributed by atoms with Gasteiger partial charge >= 0.3 is 5.97 Å². The molecule has 4 aliphatic rings. The maximum atomic E-state index is 13.2. The van der Waals surface area contributed by atoms with E-state index in [0.717, 1.165) is 32.1 Å². The molecule has 0 unspecified atom stereocenters. The molecule has 0 aromatic heterocycles. The molecule has 0 aromatic carbocycles. The topological polar surface area (TPSA) is 74.6 Å². The smallest absolute Gasteiger partial charge is 0.309 e. The molecule has 4 heteroatoms. The van der Waals surface area contributed by atoms with Crippen molar-refractivity contribution in [3.05, 3.63) is 0 Å². The number of Topliss-reactive ketones (excluding diaryl/α,β-unsaturated/α-hetero) is 1. The van der Waals surface area contributed by atoms with Crippen molar-refractivity contribution in [1.29, 1.82) is 0 Å². The Labute approximate surface area is 144 Å². The molecular formula is C20H30O4. The van der Waals surface area contributed by atoms with Crippen molar-refractivity contribution >= 4 is 11.8 Å². The minimum Gasteiger partial charge on any atom is -0.481 e. The lowest BCUT2D eigenvalue weighted by Gasteiger charge is -2.64. The number of carbonyl (C=O) groups is 2. The first-order chi connectivity index (χ1) is 11.2. The molecule has 0 aliphatic heterocycles. The predicted molar refractivity (Wildman–Crippen MR) is 89.2 cm³/mol. The van der Waals surface area contributed by atoms with Crippen LogP contribution in [-0.2, 0) is 9.59 Å². The Morgan fingerprint density at radius 2 is 1.79 bits per heavy atom. The predicted octanol–water partition coefficient (Wildman–Crippen LogP) is 3.27. The van der Waals surface area contributed by atoms with Crippen LogP contribution in [0.2, 0.25) is 0 Å². The minimum absolute atomic E-state index is 0.0397. The molecule has 1 spiro atoms. The fourth-order valence-corrected chi connectivity index (χ4v) is 7.64. The second kappa shape index (κ2) is 4.84. The number of carboxylic acid groups (broad SMARTS) is 1. The number of hydrogen-bond acceptors (Lipinski definition) is 3. The summed E-state index contributed by atoms with van der Waals surface area (Å²) < 4.78 is 0. The van der Waals surface area contributed by atoms with Crippen molar-refractivity contribution in [2.24, 2.45) is 39.9 Å². The molecule has 4 rings (SSSR count). The summed E-state index contributed by atoms with van der Waals surface area (Å²) in [7, 11) is 0. The van der Waals surface area contributed by atoms with Crippen LogP contribution in [0.1, 0.15) is 65.7 Å². The van der Waals surface area contributed by atoms with Crippen LogP contribution < -0.4 is 0 Å². The van der Waals surface area contributed by atoms with Crippen LogP contribution in [0, 0.1) is 39.9 Å². The van der Waals surface area contributed by atoms with Gasteiger partial charge in [0.1, 0.15) is 5.78 Å². The van der Waals surface area contributed by atoms with Gasteiger partial charge in [0, 0.05) is 16.7 Å². The largest absolute Gasteiger partial charge is 0.481 e. The first-order valence-electron chi connectivity index (χ1n) is 9.63. The van der Waals surface area contributed by atoms with Gasteiger partial charge in [0.15, 0.2) is 0 Å². The van der Waals surface area contributed by atoms with E-state index in [1.165, 1.54) is 0 Å². The van der Waals surface area contributed by atoms with E-state index in [1.807, 2.05) is 6.92 Å². The molecule has 0 radical (unpaired) electrons. The summed E-state index contributed by atoms with van der Waals surface area (Å²) in [5.41, 5.74) is -1.51. The SMILES string of the molecule is C[C@H]1C(=O)[C@@]23CC[C@H]4[C@](C)([C@@H]2CC[C@@H]1C3)[C@@H](O)CC[C@@]4(C)C(=O)O. The molecule has 4 fully saturated rings. The average molecular weight is 334 g/mol. The Kier molecular flexibility index (Phi) is 3.34. The standard InChI is InChI=1S/C20H30O4/c1-11-12-4-5-14-19(3)13(6-9-20(14,10-12)16(11)22)18(2,17(23)24)8-7-15(19)21/h11-15,21H,4-10H2,1-3H3,(H,23,24)/t11-,12-,13-,14+,15+,18-,19-,20-/m1/s1. The lowest BCUT2D eigenvalue weighted by atomic mass is 9.40. The number of ketones is 1. The third kappa shape index (κ3) is 1.69. The molecule has 0 saturated heterocycles. The highest BCUT2D eigenvalue weighted by Gasteiger charge is 2.70. The third-order valence-corrected chi connectivity index (χ3v) is 9.02. The second-order valence-electron chi connectivity index (χ2n) is 9.64. The Hall–Kier alpha value is -0.900. The number of aliphatic carboxylic acids is 1. The maximum Gasteiger partial charge on any atom is 0.309 e. The van der Waals surface area contributed by atoms with Gasteiger partial charge in [-0.15, -0.1) is 0 Å². The first kappa shape index (κ1) is 16.6. The molecular weight excluding hydrogens is 304 g/mol. The van der Waals surface area contributed by atoms with Gasteiger partial charge in [-0.2, -0.15) is 0 Å². The van der Waals surface area contributed by atoms with Gasteiger partial charge in [0.2, 0.25) is 0 Å². The number of hydrogen-bond donors (Lipinski definition) is 2. The van der Waals surface area contributed by atoms with Crippen molar-refractivity contribution in [2.45, 2.75) is 71.8 Å². The highest BCUT2D eigenvalue weighted by atomic mass is 16.4. The minimum atomic E-state index is -0.778. The van der Waals surface area contributed by atoms with Gasteiger partial charge in [-0.3, -0.25) is 9.59 Å². The summed E-state index contributed by atoms with van der Waals surface area (Å²) in [5.74, 6) is 0.418. The van der Waals surface area contributed by atoms with E-state index in [9.17, 15) is 19.8 Å². The van der Waals surface area contributed by atoms with Crippen LogP contribution >= 0.6 is 0 Å². The van der Waals surface area contributed by atoms with Gasteiger partial charge in [-0.1, -0.05) is 13.8 Å². The third-order valence-electron chi connectivity index (χ3n) is 9.02. The fraction of sp³-hybridized carbons (Fsp3) is 0.900. The number of carbonyl (C=O) groups excluding carboxylic acids is 1. The van der Waals surface area contributed by atoms with Crippen LogP contribution in [0.4, 0.5) is 0 Å². The monoisotopic (exact) mass is 334 g/mol. The second-order valence-corrected chi connectivity index (χ2v) is 9.64. The molecule has 4 aliphatic carbocycles. The average Bonchev–Trinajstić information content (AvgIpc) is 2.72. The van der Waals surface area contributed by atoms with Crippen LogP contribution in [0.25, 0.3) is 0 Å². The summed E-state index contributed by atoms with van der Waals surface area (Å²) in [6.45, 7) is 6.05. The van der Waals surface area contributed by atoms with Gasteiger partial charge < -0.3 is 10.2 Å². The molecule has 0 aromatic rings. The van der Waals surface area contributed by atoms with E-state index in [2.05, 4.69) is 13.8 Å². The summed E-state index contributed by atoms with van der Waals surface area (Å²) in [6.07, 6.45) is 5.17. The van der Waals surface area contributed by atoms with Crippen molar-refractivity contribution < 1.29 is 19.8 Å². The zero-order chi connectivity index (χ0) is 17.5. The van der Waals surface area contributed by atoms with Crippen LogP contribution in [-0.4, -0.2) is 28.1 Å². The van der Waals surface area contributed by atoms with E-state index in [-0.39, 0.29) is 23.2 Å². The van der Waals surface area contributed by atoms with Crippen LogP contribution in [0.3, 0.4) is 0 Å². The van der Waals surface area contributed by atoms with Crippen molar-refractivity contribution in [3.8, 4) is 0 Å². The highest BCUT2D eigenvalue weighted by molar-refractivity contribution is 5.90. The number of rotatable bonds is 1. The van der Waals surface area contributed by atoms with E-state index in [0.29, 0.717) is 24.5 Å². The van der Waals surface area contributed by atoms with Crippen molar-refractivity contribution in [3.63, 3.8) is 0 Å². The Morgan fingerprint density at radius 1 is 1.08 bits per heavy atom. The molecule has 24 heavy (non-hydrogen) atoms. The van der Waals surface area contributed by atoms with Crippen LogP contribution in [0.5, 0.6) is 0 Å². The van der Waals surface area contributed by atoms with Crippen molar-refractivity contribution in [1.82, 2.24) is 0 Å². The summed E-state index contributed by atoms with van der Waals surface area (Å²) in [6, 6.07) is 0. The molecule has 0 heterocycles. The van der Waals surface area contributed by atoms with Gasteiger partial charge in [-0.05, 0) is 69.6 Å². The van der Waals surface area contributed by atoms with Gasteiger partial charge in [0.25, 0.3) is 0 Å². The van der Waals surface area contributed by atoms with E-state index in [1.54, 1.807) is 0 Å². The van der Waals surface area contributed by atoms with E-state index < -0.39 is 22.9 Å². The molecule has 134 valence electrons. The summed E-state index contributed by atoms with van der Waals surface area (Å²) in [4.78, 5) is 25.2. The Bertz CT molecular complexity index is 600. The van der Waals surface area contributed by atoms with Gasteiger partial charge in [0.05, 0.1) is 11.5 Å². The van der Waals surface area contributed by atoms with Crippen LogP contribution in [0.15, 0.2) is 0 Å². The number of aliphatic hydroxyl groups is 1. The molecule has 4 nitrogen and oxygen atoms in total. The number of fused-ring (bicyclic) bond motifs is 3. The van der Waals surface area contributed by atoms with Gasteiger partial charge in [-0.25, -0.2) is 0 Å². The quantitative estimate of drug-likeness (QED) is 0.772. The summed E-state index contributed by atoms with van der Waals surface area (Å²) >= 11 is 0. The zero-order valence-electron chi connectivity index (χ0n) is 15.0. The first-order valence-corrected chi connectivity index (χ1v) is 9.63. The molecule has 4 saturated carbocycles. The Morgan fingerprint density at radius 3 is 2.46 bits per heavy atom. The normalized spacial score (nSPS) is 56.5. The molecule has 2 N–H and O–H groups in total. The maximum absolute atomic E-state index is 13.2. The van der Waals surface area contributed by atoms with E-state index in [4.69, 9.17) is 0 Å². The van der Waals surface area contributed by atoms with E-state index >= 15 is 0 Å². The zero-order valence-corrected chi connectivity index (χ0v) is 15.0. The lowest BCUT2D eigenvalue weighted by molar-refractivity contribution is -0.210. The fourth-order valence-electron chi connectivity index (χ4n) is 7.64.